The Bertz CT molecular complexity index is 1110. The summed E-state index contributed by atoms with van der Waals surface area (Å²) in [5.74, 6) is -4.46. The first-order chi connectivity index (χ1) is 16.7. The highest BCUT2D eigenvalue weighted by Crippen LogP contribution is 2.39. The van der Waals surface area contributed by atoms with Crippen LogP contribution in [0.25, 0.3) is 11.1 Å². The lowest BCUT2D eigenvalue weighted by atomic mass is 9.78. The standard InChI is InChI=1S/C27H26F4O2.C2H4/c1-16(24(28)25(29)17(2)33-3)4-5-18-6-8-19(9-7-18)22-14-15-23(27(31)26(22)30)20-10-12-21(32)13-11-20;1-2/h4-5,10-15,18-19,32H,1-2,6-9H2,3H3;1-2H2/b5-4+,25-24-;. The van der Waals surface area contributed by atoms with Gasteiger partial charge in [0.1, 0.15) is 11.5 Å². The molecule has 0 spiro atoms. The summed E-state index contributed by atoms with van der Waals surface area (Å²) in [6.45, 7) is 12.8. The summed E-state index contributed by atoms with van der Waals surface area (Å²) in [6, 6.07) is 9.10. The first kappa shape index (κ1) is 27.7. The van der Waals surface area contributed by atoms with Crippen LogP contribution in [0, 0.1) is 17.6 Å². The van der Waals surface area contributed by atoms with Gasteiger partial charge < -0.3 is 9.84 Å². The molecule has 1 fully saturated rings. The van der Waals surface area contributed by atoms with Crippen molar-refractivity contribution in [2.45, 2.75) is 31.6 Å². The fraction of sp³-hybridized carbons (Fsp3) is 0.241. The Morgan fingerprint density at radius 3 is 2.09 bits per heavy atom. The average molecular weight is 487 g/mol. The van der Waals surface area contributed by atoms with E-state index in [1.807, 2.05) is 0 Å². The largest absolute Gasteiger partial charge is 0.508 e. The number of halogens is 4. The van der Waals surface area contributed by atoms with E-state index < -0.39 is 29.0 Å². The Hall–Kier alpha value is -3.54. The van der Waals surface area contributed by atoms with Gasteiger partial charge >= 0.3 is 0 Å². The monoisotopic (exact) mass is 486 g/mol. The zero-order valence-electron chi connectivity index (χ0n) is 19.8. The van der Waals surface area contributed by atoms with E-state index in [1.54, 1.807) is 18.2 Å². The average Bonchev–Trinajstić information content (AvgIpc) is 2.89. The van der Waals surface area contributed by atoms with E-state index in [9.17, 15) is 22.7 Å². The third-order valence-electron chi connectivity index (χ3n) is 6.04. The third-order valence-corrected chi connectivity index (χ3v) is 6.04. The molecule has 6 heteroatoms. The van der Waals surface area contributed by atoms with Crippen LogP contribution in [-0.4, -0.2) is 12.2 Å². The molecule has 0 unspecified atom stereocenters. The molecule has 35 heavy (non-hydrogen) atoms. The number of hydrogen-bond donors (Lipinski definition) is 1. The molecule has 1 aliphatic rings. The number of phenolic OH excluding ortho intramolecular Hbond substituents is 1. The zero-order valence-corrected chi connectivity index (χ0v) is 19.8. The number of rotatable bonds is 7. The lowest BCUT2D eigenvalue weighted by Crippen LogP contribution is -2.13. The van der Waals surface area contributed by atoms with Crippen LogP contribution in [0.2, 0.25) is 0 Å². The van der Waals surface area contributed by atoms with Crippen molar-refractivity contribution in [1.29, 1.82) is 0 Å². The van der Waals surface area contributed by atoms with E-state index in [4.69, 9.17) is 0 Å². The second-order valence-electron chi connectivity index (χ2n) is 8.13. The Kier molecular flexibility index (Phi) is 10.1. The summed E-state index contributed by atoms with van der Waals surface area (Å²) in [7, 11) is 1.20. The highest BCUT2D eigenvalue weighted by Gasteiger charge is 2.26. The number of methoxy groups -OCH3 is 1. The van der Waals surface area contributed by atoms with Gasteiger partial charge in [0.25, 0.3) is 0 Å². The van der Waals surface area contributed by atoms with Crippen LogP contribution in [0.5, 0.6) is 5.75 Å². The zero-order chi connectivity index (χ0) is 26.1. The lowest BCUT2D eigenvalue weighted by Gasteiger charge is -2.27. The van der Waals surface area contributed by atoms with Crippen molar-refractivity contribution < 1.29 is 27.4 Å². The summed E-state index contributed by atoms with van der Waals surface area (Å²) in [6.07, 6.45) is 5.89. The molecular weight excluding hydrogens is 456 g/mol. The van der Waals surface area contributed by atoms with E-state index in [1.165, 1.54) is 37.5 Å². The Labute approximate surface area is 204 Å². The van der Waals surface area contributed by atoms with E-state index in [-0.39, 0.29) is 28.7 Å². The summed E-state index contributed by atoms with van der Waals surface area (Å²) >= 11 is 0. The molecule has 1 saturated carbocycles. The highest BCUT2D eigenvalue weighted by molar-refractivity contribution is 5.65. The van der Waals surface area contributed by atoms with Crippen LogP contribution in [0.1, 0.15) is 37.2 Å². The molecule has 1 N–H and O–H groups in total. The molecule has 0 amide bonds. The van der Waals surface area contributed by atoms with E-state index in [2.05, 4.69) is 31.1 Å². The SMILES string of the molecule is C=C.C=C(/C=C/C1CCC(c2ccc(-c3ccc(O)cc3)c(F)c2F)CC1)/C(F)=C(/F)C(=C)OC. The van der Waals surface area contributed by atoms with Crippen LogP contribution in [0.4, 0.5) is 17.6 Å². The Morgan fingerprint density at radius 1 is 0.914 bits per heavy atom. The van der Waals surface area contributed by atoms with Gasteiger partial charge in [-0.15, -0.1) is 13.2 Å². The molecule has 0 aromatic heterocycles. The van der Waals surface area contributed by atoms with Crippen LogP contribution >= 0.6 is 0 Å². The van der Waals surface area contributed by atoms with Gasteiger partial charge in [0.05, 0.1) is 7.11 Å². The van der Waals surface area contributed by atoms with Gasteiger partial charge in [0.15, 0.2) is 17.5 Å². The van der Waals surface area contributed by atoms with Gasteiger partial charge in [-0.2, -0.15) is 4.39 Å². The molecule has 2 aromatic carbocycles. The van der Waals surface area contributed by atoms with Gasteiger partial charge in [0, 0.05) is 11.1 Å². The molecule has 2 nitrogen and oxygen atoms in total. The second kappa shape index (κ2) is 12.8. The maximum atomic E-state index is 14.9. The molecule has 0 aliphatic heterocycles. The van der Waals surface area contributed by atoms with Crippen molar-refractivity contribution in [3.8, 4) is 16.9 Å². The van der Waals surface area contributed by atoms with Crippen LogP contribution in [0.15, 0.2) is 97.9 Å². The fourth-order valence-electron chi connectivity index (χ4n) is 4.04. The second-order valence-corrected chi connectivity index (χ2v) is 8.13. The van der Waals surface area contributed by atoms with Gasteiger partial charge in [0.2, 0.25) is 5.83 Å². The maximum Gasteiger partial charge on any atom is 0.200 e. The first-order valence-corrected chi connectivity index (χ1v) is 11.2. The predicted molar refractivity (Wildman–Crippen MR) is 133 cm³/mol. The van der Waals surface area contributed by atoms with Gasteiger partial charge in [-0.3, -0.25) is 0 Å². The van der Waals surface area contributed by atoms with E-state index in [0.717, 1.165) is 0 Å². The number of hydrogen-bond acceptors (Lipinski definition) is 2. The summed E-state index contributed by atoms with van der Waals surface area (Å²) < 4.78 is 62.1. The van der Waals surface area contributed by atoms with E-state index in [0.29, 0.717) is 36.8 Å². The van der Waals surface area contributed by atoms with Gasteiger partial charge in [-0.1, -0.05) is 49.6 Å². The summed E-state index contributed by atoms with van der Waals surface area (Å²) in [5, 5.41) is 9.39. The first-order valence-electron chi connectivity index (χ1n) is 11.2. The molecular formula is C29H30F4O2. The predicted octanol–water partition coefficient (Wildman–Crippen LogP) is 8.84. The Balaban J connectivity index is 0.00000210. The molecule has 186 valence electrons. The fourth-order valence-corrected chi connectivity index (χ4v) is 4.04. The molecule has 0 bridgehead atoms. The van der Waals surface area contributed by atoms with E-state index >= 15 is 0 Å². The van der Waals surface area contributed by atoms with Crippen molar-refractivity contribution in [3.63, 3.8) is 0 Å². The minimum Gasteiger partial charge on any atom is -0.508 e. The lowest BCUT2D eigenvalue weighted by molar-refractivity contribution is 0.281. The van der Waals surface area contributed by atoms with Crippen LogP contribution in [0.3, 0.4) is 0 Å². The molecule has 2 aromatic rings. The minimum atomic E-state index is -1.19. The number of allylic oxidation sites excluding steroid dienone is 5. The number of phenols is 1. The summed E-state index contributed by atoms with van der Waals surface area (Å²) in [4.78, 5) is 0. The van der Waals surface area contributed by atoms with Gasteiger partial charge in [-0.25, -0.2) is 13.2 Å². The number of aromatic hydroxyl groups is 1. The highest BCUT2D eigenvalue weighted by atomic mass is 19.2. The quantitative estimate of drug-likeness (QED) is 0.183. The molecule has 0 radical (unpaired) electrons. The van der Waals surface area contributed by atoms with Gasteiger partial charge in [-0.05, 0) is 60.8 Å². The molecule has 1 aliphatic carbocycles. The molecule has 0 saturated heterocycles. The number of ether oxygens (including phenoxy) is 1. The smallest absolute Gasteiger partial charge is 0.200 e. The van der Waals surface area contributed by atoms with Crippen molar-refractivity contribution in [2.75, 3.05) is 7.11 Å². The van der Waals surface area contributed by atoms with Crippen LogP contribution in [-0.2, 0) is 4.74 Å². The van der Waals surface area contributed by atoms with Crippen molar-refractivity contribution in [3.05, 3.63) is 115 Å². The Morgan fingerprint density at radius 2 is 1.51 bits per heavy atom. The minimum absolute atomic E-state index is 0.0509. The molecule has 3 rings (SSSR count). The molecule has 0 atom stereocenters. The van der Waals surface area contributed by atoms with Crippen LogP contribution < -0.4 is 0 Å². The van der Waals surface area contributed by atoms with Crippen molar-refractivity contribution >= 4 is 0 Å². The third kappa shape index (κ3) is 6.75. The molecule has 0 heterocycles. The van der Waals surface area contributed by atoms with Crippen molar-refractivity contribution in [2.24, 2.45) is 5.92 Å². The number of benzene rings is 2. The topological polar surface area (TPSA) is 29.5 Å². The maximum absolute atomic E-state index is 14.9. The summed E-state index contributed by atoms with van der Waals surface area (Å²) in [5.41, 5.74) is 0.850. The normalized spacial score (nSPS) is 18.3. The van der Waals surface area contributed by atoms with Crippen molar-refractivity contribution in [1.82, 2.24) is 0 Å².